The molecule has 2 heteroatoms. The molecule has 0 unspecified atom stereocenters. The largest absolute Gasteiger partial charge is 0.464 e. The number of hydrogen-bond donors (Lipinski definition) is 1. The molecule has 0 saturated heterocycles. The maximum Gasteiger partial charge on any atom is 0.134 e. The Morgan fingerprint density at radius 3 is 2.72 bits per heavy atom. The minimum atomic E-state index is 0.205. The van der Waals surface area contributed by atoms with E-state index >= 15 is 0 Å². The highest BCUT2D eigenvalue weighted by atomic mass is 16.3. The Morgan fingerprint density at radius 2 is 2.00 bits per heavy atom. The van der Waals surface area contributed by atoms with Crippen LogP contribution in [0.5, 0.6) is 0 Å². The number of nitrogens with two attached hydrogens (primary N) is 1. The van der Waals surface area contributed by atoms with E-state index in [9.17, 15) is 0 Å². The van der Waals surface area contributed by atoms with Crippen LogP contribution in [0.2, 0.25) is 0 Å². The lowest BCUT2D eigenvalue weighted by Gasteiger charge is -2.36. The number of fused-ring (bicyclic) bond motifs is 1. The van der Waals surface area contributed by atoms with Crippen LogP contribution in [0.3, 0.4) is 0 Å². The summed E-state index contributed by atoms with van der Waals surface area (Å²) in [4.78, 5) is 0. The Labute approximate surface area is 108 Å². The maximum atomic E-state index is 6.10. The van der Waals surface area contributed by atoms with Gasteiger partial charge < -0.3 is 10.2 Å². The minimum Gasteiger partial charge on any atom is -0.464 e. The van der Waals surface area contributed by atoms with Crippen LogP contribution in [-0.4, -0.2) is 6.54 Å². The van der Waals surface area contributed by atoms with E-state index in [1.807, 2.05) is 6.26 Å². The van der Waals surface area contributed by atoms with Crippen molar-refractivity contribution in [1.29, 1.82) is 0 Å². The van der Waals surface area contributed by atoms with Gasteiger partial charge >= 0.3 is 0 Å². The Morgan fingerprint density at radius 1 is 1.22 bits per heavy atom. The van der Waals surface area contributed by atoms with Crippen molar-refractivity contribution in [2.75, 3.05) is 6.54 Å². The second kappa shape index (κ2) is 4.43. The predicted octanol–water partition coefficient (Wildman–Crippen LogP) is 3.90. The molecular formula is C16H21NO. The average molecular weight is 243 g/mol. The summed E-state index contributed by atoms with van der Waals surface area (Å²) in [7, 11) is 0. The third kappa shape index (κ3) is 1.76. The van der Waals surface area contributed by atoms with Gasteiger partial charge in [0.2, 0.25) is 0 Å². The highest BCUT2D eigenvalue weighted by Gasteiger charge is 2.32. The van der Waals surface area contributed by atoms with Crippen LogP contribution in [-0.2, 0) is 5.41 Å². The summed E-state index contributed by atoms with van der Waals surface area (Å²) in [5, 5.41) is 1.24. The van der Waals surface area contributed by atoms with Crippen molar-refractivity contribution in [3.8, 4) is 0 Å². The Kier molecular flexibility index (Phi) is 2.90. The summed E-state index contributed by atoms with van der Waals surface area (Å²) in [6.45, 7) is 2.86. The summed E-state index contributed by atoms with van der Waals surface area (Å²) in [5.74, 6) is 0. The fourth-order valence-corrected chi connectivity index (χ4v) is 3.33. The Balaban J connectivity index is 2.08. The summed E-state index contributed by atoms with van der Waals surface area (Å²) in [5.41, 5.74) is 9.92. The SMILES string of the molecule is Cc1coc2ccc(C3(CN)CCCCC3)cc12. The monoisotopic (exact) mass is 243 g/mol. The van der Waals surface area contributed by atoms with Crippen LogP contribution < -0.4 is 5.73 Å². The molecule has 0 aliphatic heterocycles. The van der Waals surface area contributed by atoms with E-state index in [0.717, 1.165) is 12.1 Å². The molecule has 1 aromatic carbocycles. The highest BCUT2D eigenvalue weighted by molar-refractivity contribution is 5.81. The molecular weight excluding hydrogens is 222 g/mol. The molecule has 1 saturated carbocycles. The lowest BCUT2D eigenvalue weighted by atomic mass is 9.69. The molecule has 1 aromatic heterocycles. The van der Waals surface area contributed by atoms with Gasteiger partial charge in [0.1, 0.15) is 5.58 Å². The number of benzene rings is 1. The molecule has 0 bridgehead atoms. The fourth-order valence-electron chi connectivity index (χ4n) is 3.33. The number of furan rings is 1. The van der Waals surface area contributed by atoms with Gasteiger partial charge in [-0.2, -0.15) is 0 Å². The average Bonchev–Trinajstić information content (AvgIpc) is 2.81. The van der Waals surface area contributed by atoms with E-state index < -0.39 is 0 Å². The molecule has 1 aliphatic rings. The third-order valence-electron chi connectivity index (χ3n) is 4.58. The summed E-state index contributed by atoms with van der Waals surface area (Å²) < 4.78 is 5.53. The number of aryl methyl sites for hydroxylation is 1. The molecule has 2 aromatic rings. The van der Waals surface area contributed by atoms with Gasteiger partial charge in [-0.25, -0.2) is 0 Å². The molecule has 96 valence electrons. The van der Waals surface area contributed by atoms with Crippen LogP contribution in [0.15, 0.2) is 28.9 Å². The van der Waals surface area contributed by atoms with Crippen molar-refractivity contribution in [2.45, 2.75) is 44.4 Å². The van der Waals surface area contributed by atoms with Gasteiger partial charge in [-0.1, -0.05) is 25.3 Å². The lowest BCUT2D eigenvalue weighted by Crippen LogP contribution is -2.37. The topological polar surface area (TPSA) is 39.2 Å². The van der Waals surface area contributed by atoms with Crippen molar-refractivity contribution in [2.24, 2.45) is 5.73 Å². The van der Waals surface area contributed by atoms with Crippen molar-refractivity contribution < 1.29 is 4.42 Å². The van der Waals surface area contributed by atoms with E-state index in [4.69, 9.17) is 10.2 Å². The zero-order valence-corrected chi connectivity index (χ0v) is 11.0. The molecule has 1 fully saturated rings. The highest BCUT2D eigenvalue weighted by Crippen LogP contribution is 2.40. The number of hydrogen-bond acceptors (Lipinski definition) is 2. The smallest absolute Gasteiger partial charge is 0.134 e. The molecule has 2 nitrogen and oxygen atoms in total. The molecule has 0 atom stereocenters. The van der Waals surface area contributed by atoms with Gasteiger partial charge in [0.05, 0.1) is 6.26 Å². The third-order valence-corrected chi connectivity index (χ3v) is 4.58. The first-order valence-electron chi connectivity index (χ1n) is 6.94. The first kappa shape index (κ1) is 11.8. The van der Waals surface area contributed by atoms with Gasteiger partial charge in [-0.15, -0.1) is 0 Å². The van der Waals surface area contributed by atoms with E-state index in [2.05, 4.69) is 25.1 Å². The Hall–Kier alpha value is -1.28. The second-order valence-electron chi connectivity index (χ2n) is 5.67. The van der Waals surface area contributed by atoms with Gasteiger partial charge in [-0.05, 0) is 43.0 Å². The van der Waals surface area contributed by atoms with Crippen molar-refractivity contribution in [3.63, 3.8) is 0 Å². The predicted molar refractivity (Wildman–Crippen MR) is 74.8 cm³/mol. The molecule has 3 rings (SSSR count). The first-order valence-corrected chi connectivity index (χ1v) is 6.94. The number of rotatable bonds is 2. The summed E-state index contributed by atoms with van der Waals surface area (Å²) in [6.07, 6.45) is 8.26. The fraction of sp³-hybridized carbons (Fsp3) is 0.500. The minimum absolute atomic E-state index is 0.205. The zero-order valence-electron chi connectivity index (χ0n) is 11.0. The zero-order chi connectivity index (χ0) is 12.6. The Bertz CT molecular complexity index is 549. The normalized spacial score (nSPS) is 19.2. The molecule has 0 spiro atoms. The van der Waals surface area contributed by atoms with E-state index in [0.29, 0.717) is 0 Å². The second-order valence-corrected chi connectivity index (χ2v) is 5.67. The molecule has 0 radical (unpaired) electrons. The quantitative estimate of drug-likeness (QED) is 0.868. The van der Waals surface area contributed by atoms with Gasteiger partial charge in [0.15, 0.2) is 0 Å². The van der Waals surface area contributed by atoms with Crippen molar-refractivity contribution in [3.05, 3.63) is 35.6 Å². The van der Waals surface area contributed by atoms with Gasteiger partial charge in [0.25, 0.3) is 0 Å². The maximum absolute atomic E-state index is 6.10. The molecule has 1 heterocycles. The molecule has 1 aliphatic carbocycles. The summed E-state index contributed by atoms with van der Waals surface area (Å²) >= 11 is 0. The molecule has 2 N–H and O–H groups in total. The lowest BCUT2D eigenvalue weighted by molar-refractivity contribution is 0.301. The van der Waals surface area contributed by atoms with Crippen LogP contribution in [0.4, 0.5) is 0 Å². The standard InChI is InChI=1S/C16H21NO/c1-12-10-18-15-6-5-13(9-14(12)15)16(11-17)7-3-2-4-8-16/h5-6,9-10H,2-4,7-8,11,17H2,1H3. The van der Waals surface area contributed by atoms with Crippen molar-refractivity contribution >= 4 is 11.0 Å². The molecule has 18 heavy (non-hydrogen) atoms. The van der Waals surface area contributed by atoms with Gasteiger partial charge in [0, 0.05) is 17.3 Å². The summed E-state index contributed by atoms with van der Waals surface area (Å²) in [6, 6.07) is 6.61. The van der Waals surface area contributed by atoms with Crippen LogP contribution in [0.25, 0.3) is 11.0 Å². The van der Waals surface area contributed by atoms with Crippen LogP contribution in [0, 0.1) is 6.92 Å². The first-order chi connectivity index (χ1) is 8.75. The van der Waals surface area contributed by atoms with E-state index in [1.54, 1.807) is 0 Å². The van der Waals surface area contributed by atoms with Crippen molar-refractivity contribution in [1.82, 2.24) is 0 Å². The van der Waals surface area contributed by atoms with E-state index in [-0.39, 0.29) is 5.41 Å². The molecule has 0 amide bonds. The van der Waals surface area contributed by atoms with Crippen LogP contribution >= 0.6 is 0 Å². The van der Waals surface area contributed by atoms with E-state index in [1.165, 1.54) is 48.6 Å². The van der Waals surface area contributed by atoms with Gasteiger partial charge in [-0.3, -0.25) is 0 Å². The van der Waals surface area contributed by atoms with Crippen LogP contribution in [0.1, 0.15) is 43.2 Å².